The molecule has 1 nitrogen and oxygen atoms in total. The van der Waals surface area contributed by atoms with Gasteiger partial charge in [0.25, 0.3) is 0 Å². The molecule has 1 aromatic heterocycles. The molecule has 0 aliphatic rings. The van der Waals surface area contributed by atoms with Crippen molar-refractivity contribution >= 4 is 33.3 Å². The molecule has 0 saturated heterocycles. The van der Waals surface area contributed by atoms with Crippen molar-refractivity contribution in [1.29, 1.82) is 0 Å². The molecule has 1 rings (SSSR count). The zero-order valence-electron chi connectivity index (χ0n) is 9.51. The third-order valence-corrected chi connectivity index (χ3v) is 3.72. The van der Waals surface area contributed by atoms with Gasteiger partial charge >= 0.3 is 0 Å². The van der Waals surface area contributed by atoms with Crippen LogP contribution in [0, 0.1) is 0 Å². The molecule has 0 saturated carbocycles. The minimum Gasteiger partial charge on any atom is -0.312 e. The Labute approximate surface area is 105 Å². The Morgan fingerprint density at radius 1 is 1.47 bits per heavy atom. The van der Waals surface area contributed by atoms with Crippen molar-refractivity contribution in [2.45, 2.75) is 32.7 Å². The molecule has 0 spiro atoms. The van der Waals surface area contributed by atoms with Gasteiger partial charge in [-0.1, -0.05) is 6.08 Å². The first-order valence-electron chi connectivity index (χ1n) is 5.13. The van der Waals surface area contributed by atoms with Crippen LogP contribution in [0.25, 0.3) is 6.08 Å². The van der Waals surface area contributed by atoms with E-state index in [1.807, 2.05) is 0 Å². The second kappa shape index (κ2) is 5.83. The van der Waals surface area contributed by atoms with Crippen LogP contribution >= 0.6 is 27.3 Å². The molecule has 0 radical (unpaired) electrons. The minimum absolute atomic E-state index is 0.220. The van der Waals surface area contributed by atoms with E-state index in [0.717, 1.165) is 13.0 Å². The lowest BCUT2D eigenvalue weighted by molar-refractivity contribution is 0.431. The summed E-state index contributed by atoms with van der Waals surface area (Å²) in [4.78, 5) is 1.30. The van der Waals surface area contributed by atoms with Gasteiger partial charge in [0.15, 0.2) is 0 Å². The molecule has 0 amide bonds. The van der Waals surface area contributed by atoms with Gasteiger partial charge in [-0.25, -0.2) is 0 Å². The Kier molecular flexibility index (Phi) is 5.03. The average molecular weight is 288 g/mol. The first kappa shape index (κ1) is 12.9. The van der Waals surface area contributed by atoms with E-state index in [4.69, 9.17) is 0 Å². The quantitative estimate of drug-likeness (QED) is 0.814. The van der Waals surface area contributed by atoms with Gasteiger partial charge in [0.05, 0.1) is 0 Å². The third kappa shape index (κ3) is 5.50. The second-order valence-corrected chi connectivity index (χ2v) is 6.30. The topological polar surface area (TPSA) is 12.0 Å². The number of rotatable bonds is 4. The fourth-order valence-corrected chi connectivity index (χ4v) is 2.57. The van der Waals surface area contributed by atoms with Crippen molar-refractivity contribution in [3.05, 3.63) is 26.9 Å². The van der Waals surface area contributed by atoms with Crippen LogP contribution in [-0.2, 0) is 0 Å². The molecular formula is C12H18BrNS. The maximum Gasteiger partial charge on any atom is 0.0409 e. The van der Waals surface area contributed by atoms with Crippen molar-refractivity contribution in [3.8, 4) is 0 Å². The lowest BCUT2D eigenvalue weighted by Gasteiger charge is -2.19. The zero-order chi connectivity index (χ0) is 11.3. The minimum atomic E-state index is 0.220. The number of hydrogen-bond acceptors (Lipinski definition) is 2. The first-order valence-corrected chi connectivity index (χ1v) is 6.81. The van der Waals surface area contributed by atoms with Crippen molar-refractivity contribution in [2.24, 2.45) is 0 Å². The highest BCUT2D eigenvalue weighted by molar-refractivity contribution is 9.10. The highest BCUT2D eigenvalue weighted by Gasteiger charge is 2.06. The van der Waals surface area contributed by atoms with Gasteiger partial charge in [0, 0.05) is 14.9 Å². The Balaban J connectivity index is 2.27. The monoisotopic (exact) mass is 287 g/mol. The highest BCUT2D eigenvalue weighted by Crippen LogP contribution is 2.23. The van der Waals surface area contributed by atoms with Crippen molar-refractivity contribution < 1.29 is 0 Å². The van der Waals surface area contributed by atoms with Crippen LogP contribution < -0.4 is 5.32 Å². The van der Waals surface area contributed by atoms with Gasteiger partial charge in [0.1, 0.15) is 0 Å². The Morgan fingerprint density at radius 3 is 2.73 bits per heavy atom. The van der Waals surface area contributed by atoms with E-state index in [1.165, 1.54) is 9.35 Å². The molecule has 1 heterocycles. The van der Waals surface area contributed by atoms with Crippen LogP contribution in [0.2, 0.25) is 0 Å². The summed E-state index contributed by atoms with van der Waals surface area (Å²) in [5.74, 6) is 0. The van der Waals surface area contributed by atoms with E-state index >= 15 is 0 Å². The predicted molar refractivity (Wildman–Crippen MR) is 73.4 cm³/mol. The van der Waals surface area contributed by atoms with Crippen molar-refractivity contribution in [1.82, 2.24) is 5.32 Å². The van der Waals surface area contributed by atoms with Crippen LogP contribution in [0.3, 0.4) is 0 Å². The van der Waals surface area contributed by atoms with E-state index in [-0.39, 0.29) is 5.54 Å². The lowest BCUT2D eigenvalue weighted by Crippen LogP contribution is -2.36. The van der Waals surface area contributed by atoms with Crippen LogP contribution in [-0.4, -0.2) is 12.1 Å². The molecule has 84 valence electrons. The van der Waals surface area contributed by atoms with Gasteiger partial charge in [-0.3, -0.25) is 0 Å². The van der Waals surface area contributed by atoms with Crippen LogP contribution in [0.4, 0.5) is 0 Å². The van der Waals surface area contributed by atoms with Crippen LogP contribution in [0.5, 0.6) is 0 Å². The van der Waals surface area contributed by atoms with Crippen molar-refractivity contribution in [2.75, 3.05) is 6.54 Å². The second-order valence-electron chi connectivity index (χ2n) is 4.50. The Bertz CT molecular complexity index is 323. The van der Waals surface area contributed by atoms with E-state index in [9.17, 15) is 0 Å². The van der Waals surface area contributed by atoms with Crippen LogP contribution in [0.15, 0.2) is 22.0 Å². The predicted octanol–water partition coefficient (Wildman–Crippen LogP) is 4.30. The van der Waals surface area contributed by atoms with E-state index in [1.54, 1.807) is 11.3 Å². The molecule has 0 bridgehead atoms. The standard InChI is InChI=1S/C12H18BrNS/c1-12(2,3)14-8-5-4-6-11-10(13)7-9-15-11/h4,6-7,9,14H,5,8H2,1-3H3. The number of thiophene rings is 1. The molecule has 0 aliphatic carbocycles. The van der Waals surface area contributed by atoms with Gasteiger partial charge < -0.3 is 5.32 Å². The zero-order valence-corrected chi connectivity index (χ0v) is 11.9. The summed E-state index contributed by atoms with van der Waals surface area (Å²) in [6, 6.07) is 2.08. The number of halogens is 1. The molecule has 0 fully saturated rings. The molecule has 0 aromatic carbocycles. The highest BCUT2D eigenvalue weighted by atomic mass is 79.9. The molecule has 0 unspecified atom stereocenters. The van der Waals surface area contributed by atoms with Crippen LogP contribution in [0.1, 0.15) is 32.1 Å². The molecule has 3 heteroatoms. The molecule has 15 heavy (non-hydrogen) atoms. The number of hydrogen-bond donors (Lipinski definition) is 1. The molecule has 0 aliphatic heterocycles. The van der Waals surface area contributed by atoms with Crippen molar-refractivity contribution in [3.63, 3.8) is 0 Å². The maximum atomic E-state index is 3.51. The summed E-state index contributed by atoms with van der Waals surface area (Å²) in [6.07, 6.45) is 5.47. The SMILES string of the molecule is CC(C)(C)NCCC=Cc1sccc1Br. The smallest absolute Gasteiger partial charge is 0.0409 e. The fraction of sp³-hybridized carbons (Fsp3) is 0.500. The summed E-state index contributed by atoms with van der Waals surface area (Å²) in [5, 5.41) is 5.55. The summed E-state index contributed by atoms with van der Waals surface area (Å²) in [6.45, 7) is 7.59. The normalized spacial score (nSPS) is 12.5. The Hall–Kier alpha value is -0.120. The fourth-order valence-electron chi connectivity index (χ4n) is 1.15. The van der Waals surface area contributed by atoms with Gasteiger partial charge in [-0.15, -0.1) is 11.3 Å². The molecular weight excluding hydrogens is 270 g/mol. The lowest BCUT2D eigenvalue weighted by atomic mass is 10.1. The van der Waals surface area contributed by atoms with E-state index in [0.29, 0.717) is 0 Å². The largest absolute Gasteiger partial charge is 0.312 e. The summed E-state index contributed by atoms with van der Waals surface area (Å²) < 4.78 is 1.19. The summed E-state index contributed by atoms with van der Waals surface area (Å²) in [5.41, 5.74) is 0.220. The number of nitrogens with one attached hydrogen (secondary N) is 1. The molecule has 0 atom stereocenters. The Morgan fingerprint density at radius 2 is 2.20 bits per heavy atom. The third-order valence-electron chi connectivity index (χ3n) is 1.88. The van der Waals surface area contributed by atoms with E-state index in [2.05, 4.69) is 65.6 Å². The summed E-state index contributed by atoms with van der Waals surface area (Å²) in [7, 11) is 0. The van der Waals surface area contributed by atoms with Gasteiger partial charge in [-0.05, 0) is 67.2 Å². The van der Waals surface area contributed by atoms with Gasteiger partial charge in [-0.2, -0.15) is 0 Å². The molecule has 1 N–H and O–H groups in total. The average Bonchev–Trinajstić information content (AvgIpc) is 2.49. The molecule has 1 aromatic rings. The first-order chi connectivity index (χ1) is 6.99. The van der Waals surface area contributed by atoms with Gasteiger partial charge in [0.2, 0.25) is 0 Å². The van der Waals surface area contributed by atoms with E-state index < -0.39 is 0 Å². The summed E-state index contributed by atoms with van der Waals surface area (Å²) >= 11 is 5.27. The maximum absolute atomic E-state index is 3.51.